The number of benzene rings is 1. The molecule has 2 N–H and O–H groups in total. The van der Waals surface area contributed by atoms with Gasteiger partial charge in [-0.05, 0) is 30.4 Å². The number of hydrogen-bond acceptors (Lipinski definition) is 5. The van der Waals surface area contributed by atoms with Crippen LogP contribution in [0.3, 0.4) is 0 Å². The number of hydrogen-bond donors (Lipinski definition) is 2. The predicted octanol–water partition coefficient (Wildman–Crippen LogP) is 2.16. The van der Waals surface area contributed by atoms with Gasteiger partial charge in [0.15, 0.2) is 10.6 Å². The molecule has 0 saturated carbocycles. The van der Waals surface area contributed by atoms with E-state index in [4.69, 9.17) is 17.0 Å². The minimum atomic E-state index is 0.715. The zero-order valence-corrected chi connectivity index (χ0v) is 15.4. The maximum absolute atomic E-state index is 5.41. The van der Waals surface area contributed by atoms with E-state index in [0.29, 0.717) is 6.67 Å². The summed E-state index contributed by atoms with van der Waals surface area (Å²) in [6.45, 7) is 1.55. The Morgan fingerprint density at radius 2 is 2.29 bits per heavy atom. The summed E-state index contributed by atoms with van der Waals surface area (Å²) in [6, 6.07) is 6.04. The fraction of sp³-hybridized carbons (Fsp3) is 0.385. The Morgan fingerprint density at radius 3 is 2.90 bits per heavy atom. The van der Waals surface area contributed by atoms with Gasteiger partial charge in [-0.15, -0.1) is 5.10 Å². The summed E-state index contributed by atoms with van der Waals surface area (Å²) in [5, 5.41) is 8.29. The van der Waals surface area contributed by atoms with Crippen LogP contribution in [0.25, 0.3) is 0 Å². The molecule has 21 heavy (non-hydrogen) atoms. The van der Waals surface area contributed by atoms with Crippen LogP contribution in [0.15, 0.2) is 22.7 Å². The number of methoxy groups -OCH3 is 1. The van der Waals surface area contributed by atoms with Gasteiger partial charge in [-0.1, -0.05) is 27.3 Å². The van der Waals surface area contributed by atoms with Gasteiger partial charge in [0.1, 0.15) is 12.3 Å². The van der Waals surface area contributed by atoms with Crippen molar-refractivity contribution in [3.63, 3.8) is 0 Å². The number of quaternary nitrogens is 1. The second kappa shape index (κ2) is 7.35. The molecule has 2 rings (SSSR count). The standard InChI is InChI=1S/C13H17BrN4OS2/c1-15-12-16-18(13(20)21-12)8-17(2)7-9-6-10(14)4-5-11(9)19-3/h4-6H,7-8H2,1-3H3,(H,15,16)/p+1. The van der Waals surface area contributed by atoms with Crippen molar-refractivity contribution in [1.29, 1.82) is 0 Å². The summed E-state index contributed by atoms with van der Waals surface area (Å²) in [7, 11) is 5.65. The van der Waals surface area contributed by atoms with E-state index in [2.05, 4.69) is 39.5 Å². The highest BCUT2D eigenvalue weighted by Gasteiger charge is 2.12. The molecule has 1 aromatic carbocycles. The van der Waals surface area contributed by atoms with Gasteiger partial charge < -0.3 is 15.0 Å². The fourth-order valence-corrected chi connectivity index (χ4v) is 3.40. The van der Waals surface area contributed by atoms with Gasteiger partial charge in [0, 0.05) is 17.1 Å². The monoisotopic (exact) mass is 389 g/mol. The number of nitrogens with zero attached hydrogens (tertiary/aromatic N) is 2. The van der Waals surface area contributed by atoms with Crippen molar-refractivity contribution in [1.82, 2.24) is 9.78 Å². The average Bonchev–Trinajstić information content (AvgIpc) is 2.79. The van der Waals surface area contributed by atoms with Gasteiger partial charge >= 0.3 is 0 Å². The molecule has 0 fully saturated rings. The molecule has 1 heterocycles. The molecule has 0 aliphatic heterocycles. The van der Waals surface area contributed by atoms with E-state index >= 15 is 0 Å². The number of aromatic nitrogens is 2. The Labute approximate surface area is 141 Å². The first-order valence-corrected chi connectivity index (χ1v) is 8.44. The largest absolute Gasteiger partial charge is 0.496 e. The van der Waals surface area contributed by atoms with E-state index in [1.54, 1.807) is 7.11 Å². The third-order valence-electron chi connectivity index (χ3n) is 2.97. The lowest BCUT2D eigenvalue weighted by Crippen LogP contribution is -3.07. The molecule has 0 radical (unpaired) electrons. The van der Waals surface area contributed by atoms with E-state index in [-0.39, 0.29) is 0 Å². The summed E-state index contributed by atoms with van der Waals surface area (Å²) in [6.07, 6.45) is 0. The Hall–Kier alpha value is -0.960. The van der Waals surface area contributed by atoms with Crippen LogP contribution in [0.2, 0.25) is 0 Å². The third kappa shape index (κ3) is 4.26. The first-order valence-electron chi connectivity index (χ1n) is 6.43. The highest BCUT2D eigenvalue weighted by Crippen LogP contribution is 2.22. The first-order chi connectivity index (χ1) is 10.0. The number of anilines is 1. The normalized spacial score (nSPS) is 12.2. The Kier molecular flexibility index (Phi) is 5.74. The average molecular weight is 390 g/mol. The molecule has 1 unspecified atom stereocenters. The van der Waals surface area contributed by atoms with Crippen molar-refractivity contribution < 1.29 is 9.64 Å². The molecular formula is C13H18BrN4OS2+. The van der Waals surface area contributed by atoms with Gasteiger partial charge in [0.25, 0.3) is 0 Å². The Balaban J connectivity index is 2.11. The molecule has 1 atom stereocenters. The third-order valence-corrected chi connectivity index (χ3v) is 4.79. The quantitative estimate of drug-likeness (QED) is 0.742. The number of halogens is 1. The molecule has 0 amide bonds. The molecule has 0 bridgehead atoms. The molecule has 2 aromatic rings. The van der Waals surface area contributed by atoms with E-state index in [1.165, 1.54) is 16.2 Å². The molecular weight excluding hydrogens is 372 g/mol. The van der Waals surface area contributed by atoms with Crippen molar-refractivity contribution in [3.8, 4) is 5.75 Å². The summed E-state index contributed by atoms with van der Waals surface area (Å²) in [5.74, 6) is 0.898. The van der Waals surface area contributed by atoms with Gasteiger partial charge in [-0.3, -0.25) is 0 Å². The molecule has 0 aliphatic rings. The SMILES string of the molecule is CNc1nn(C[NH+](C)Cc2cc(Br)ccc2OC)c(=S)s1. The number of ether oxygens (including phenoxy) is 1. The van der Waals surface area contributed by atoms with Crippen molar-refractivity contribution >= 4 is 44.6 Å². The second-order valence-corrected chi connectivity index (χ2v) is 7.21. The Bertz CT molecular complexity index is 670. The van der Waals surface area contributed by atoms with Crippen LogP contribution in [-0.4, -0.2) is 31.0 Å². The molecule has 0 spiro atoms. The van der Waals surface area contributed by atoms with Crippen LogP contribution in [-0.2, 0) is 13.2 Å². The van der Waals surface area contributed by atoms with Crippen molar-refractivity contribution in [2.24, 2.45) is 0 Å². The van der Waals surface area contributed by atoms with E-state index < -0.39 is 0 Å². The molecule has 0 aliphatic carbocycles. The highest BCUT2D eigenvalue weighted by molar-refractivity contribution is 9.10. The summed E-state index contributed by atoms with van der Waals surface area (Å²) in [5.41, 5.74) is 1.15. The minimum Gasteiger partial charge on any atom is -0.496 e. The van der Waals surface area contributed by atoms with Crippen LogP contribution >= 0.6 is 39.5 Å². The molecule has 5 nitrogen and oxygen atoms in total. The number of rotatable bonds is 6. The van der Waals surface area contributed by atoms with E-state index in [0.717, 1.165) is 31.4 Å². The lowest BCUT2D eigenvalue weighted by atomic mass is 10.2. The molecule has 8 heteroatoms. The van der Waals surface area contributed by atoms with Crippen LogP contribution < -0.4 is 15.0 Å². The van der Waals surface area contributed by atoms with Gasteiger partial charge in [-0.25, -0.2) is 0 Å². The second-order valence-electron chi connectivity index (χ2n) is 4.67. The van der Waals surface area contributed by atoms with Crippen LogP contribution in [0.5, 0.6) is 5.75 Å². The molecule has 1 aromatic heterocycles. The van der Waals surface area contributed by atoms with Gasteiger partial charge in [0.05, 0.1) is 14.2 Å². The van der Waals surface area contributed by atoms with Crippen LogP contribution in [0.1, 0.15) is 5.56 Å². The maximum atomic E-state index is 5.41. The lowest BCUT2D eigenvalue weighted by molar-refractivity contribution is -0.917. The fourth-order valence-electron chi connectivity index (χ4n) is 2.03. The van der Waals surface area contributed by atoms with E-state index in [1.807, 2.05) is 23.9 Å². The summed E-state index contributed by atoms with van der Waals surface area (Å²) < 4.78 is 9.09. The predicted molar refractivity (Wildman–Crippen MR) is 91.8 cm³/mol. The zero-order chi connectivity index (χ0) is 15.4. The maximum Gasteiger partial charge on any atom is 0.204 e. The first kappa shape index (κ1) is 16.4. The lowest BCUT2D eigenvalue weighted by Gasteiger charge is -2.16. The van der Waals surface area contributed by atoms with Crippen molar-refractivity contribution in [3.05, 3.63) is 32.2 Å². The molecule has 114 valence electrons. The van der Waals surface area contributed by atoms with Gasteiger partial charge in [-0.2, -0.15) is 4.68 Å². The summed E-state index contributed by atoms with van der Waals surface area (Å²) >= 11 is 10.3. The van der Waals surface area contributed by atoms with Crippen LogP contribution in [0, 0.1) is 3.95 Å². The number of nitrogens with one attached hydrogen (secondary N) is 2. The Morgan fingerprint density at radius 1 is 1.52 bits per heavy atom. The summed E-state index contributed by atoms with van der Waals surface area (Å²) in [4.78, 5) is 1.27. The minimum absolute atomic E-state index is 0.715. The smallest absolute Gasteiger partial charge is 0.204 e. The molecule has 0 saturated heterocycles. The zero-order valence-electron chi connectivity index (χ0n) is 12.1. The topological polar surface area (TPSA) is 43.5 Å². The van der Waals surface area contributed by atoms with E-state index in [9.17, 15) is 0 Å². The van der Waals surface area contributed by atoms with Crippen LogP contribution in [0.4, 0.5) is 5.13 Å². The van der Waals surface area contributed by atoms with Gasteiger partial charge in [0.2, 0.25) is 5.13 Å². The highest BCUT2D eigenvalue weighted by atomic mass is 79.9. The van der Waals surface area contributed by atoms with Crippen molar-refractivity contribution in [2.75, 3.05) is 26.5 Å². The van der Waals surface area contributed by atoms with Crippen molar-refractivity contribution in [2.45, 2.75) is 13.2 Å².